The van der Waals surface area contributed by atoms with Gasteiger partial charge in [0, 0.05) is 49.0 Å². The number of aryl methyl sites for hydroxylation is 2. The van der Waals surface area contributed by atoms with Crippen molar-refractivity contribution in [1.29, 1.82) is 0 Å². The van der Waals surface area contributed by atoms with Gasteiger partial charge in [-0.2, -0.15) is 0 Å². The van der Waals surface area contributed by atoms with Crippen LogP contribution in [0.25, 0.3) is 0 Å². The van der Waals surface area contributed by atoms with E-state index in [0.717, 1.165) is 67.0 Å². The van der Waals surface area contributed by atoms with Crippen molar-refractivity contribution in [2.75, 3.05) is 32.8 Å². The van der Waals surface area contributed by atoms with Crippen LogP contribution in [0.1, 0.15) is 75.3 Å². The third-order valence-electron chi connectivity index (χ3n) is 8.23. The van der Waals surface area contributed by atoms with E-state index < -0.39 is 5.41 Å². The molecule has 3 fully saturated rings. The van der Waals surface area contributed by atoms with Gasteiger partial charge < -0.3 is 19.6 Å². The molecule has 0 bridgehead atoms. The molecule has 0 radical (unpaired) electrons. The predicted octanol–water partition coefficient (Wildman–Crippen LogP) is 4.90. The van der Waals surface area contributed by atoms with Crippen LogP contribution < -0.4 is 4.74 Å². The quantitative estimate of drug-likeness (QED) is 0.598. The fourth-order valence-corrected chi connectivity index (χ4v) is 6.20. The molecule has 0 spiro atoms. The van der Waals surface area contributed by atoms with Crippen molar-refractivity contribution >= 4 is 23.4 Å². The second-order valence-electron chi connectivity index (χ2n) is 11.1. The van der Waals surface area contributed by atoms with Crippen molar-refractivity contribution in [3.63, 3.8) is 0 Å². The lowest BCUT2D eigenvalue weighted by molar-refractivity contribution is -0.145. The molecule has 35 heavy (non-hydrogen) atoms. The molecule has 4 rings (SSSR count). The Hall–Kier alpha value is -1.79. The second-order valence-corrected chi connectivity index (χ2v) is 11.5. The Balaban J connectivity index is 1.51. The molecule has 1 saturated carbocycles. The Labute approximate surface area is 214 Å². The van der Waals surface area contributed by atoms with Crippen LogP contribution in [0.2, 0.25) is 5.02 Å². The maximum atomic E-state index is 13.4. The molecule has 1 aliphatic carbocycles. The lowest BCUT2D eigenvalue weighted by Crippen LogP contribution is -2.53. The van der Waals surface area contributed by atoms with Gasteiger partial charge in [-0.15, -0.1) is 0 Å². The number of halogens is 1. The maximum absolute atomic E-state index is 13.4. The maximum Gasteiger partial charge on any atom is 0.225 e. The molecule has 2 amide bonds. The van der Waals surface area contributed by atoms with Crippen molar-refractivity contribution < 1.29 is 19.4 Å². The standard InChI is InChI=1S/C28H41ClN2O4/c1-20-15-24(16-21(2)26(20)29)35-19-28(17-25(33)30-13-9-23(32)10-14-30)11-6-12-31(18-28)27(34)22-7-4-3-5-8-22/h15-16,22-23,32H,3-14,17-19H2,1-2H3. The molecule has 1 N–H and O–H groups in total. The van der Waals surface area contributed by atoms with Gasteiger partial charge in [-0.25, -0.2) is 0 Å². The summed E-state index contributed by atoms with van der Waals surface area (Å²) in [4.78, 5) is 30.7. The van der Waals surface area contributed by atoms with Crippen molar-refractivity contribution in [2.24, 2.45) is 11.3 Å². The van der Waals surface area contributed by atoms with Gasteiger partial charge in [0.15, 0.2) is 0 Å². The van der Waals surface area contributed by atoms with Crippen molar-refractivity contribution in [3.8, 4) is 5.75 Å². The van der Waals surface area contributed by atoms with Crippen LogP contribution >= 0.6 is 11.6 Å². The fourth-order valence-electron chi connectivity index (χ4n) is 6.09. The molecule has 1 aromatic carbocycles. The zero-order valence-electron chi connectivity index (χ0n) is 21.4. The molecule has 2 aliphatic heterocycles. The summed E-state index contributed by atoms with van der Waals surface area (Å²) in [5.74, 6) is 1.26. The number of amides is 2. The molecular weight excluding hydrogens is 464 g/mol. The summed E-state index contributed by atoms with van der Waals surface area (Å²) in [5, 5.41) is 10.6. The second kappa shape index (κ2) is 11.5. The van der Waals surface area contributed by atoms with Gasteiger partial charge >= 0.3 is 0 Å². The normalized spacial score (nSPS) is 24.5. The van der Waals surface area contributed by atoms with Crippen LogP contribution in [-0.4, -0.2) is 65.6 Å². The summed E-state index contributed by atoms with van der Waals surface area (Å²) in [7, 11) is 0. The third kappa shape index (κ3) is 6.51. The number of carbonyl (C=O) groups is 2. The largest absolute Gasteiger partial charge is 0.493 e. The van der Waals surface area contributed by atoms with Crippen LogP contribution in [0.15, 0.2) is 12.1 Å². The van der Waals surface area contributed by atoms with Gasteiger partial charge in [0.1, 0.15) is 5.75 Å². The third-order valence-corrected chi connectivity index (χ3v) is 8.82. The summed E-state index contributed by atoms with van der Waals surface area (Å²) in [5.41, 5.74) is 1.52. The van der Waals surface area contributed by atoms with Crippen molar-refractivity contribution in [2.45, 2.75) is 84.2 Å². The lowest BCUT2D eigenvalue weighted by Gasteiger charge is -2.44. The van der Waals surface area contributed by atoms with Gasteiger partial charge in [-0.1, -0.05) is 30.9 Å². The Morgan fingerprint density at radius 2 is 1.66 bits per heavy atom. The van der Waals surface area contributed by atoms with Gasteiger partial charge in [-0.3, -0.25) is 9.59 Å². The topological polar surface area (TPSA) is 70.1 Å². The average molecular weight is 505 g/mol. The van der Waals surface area contributed by atoms with Crippen LogP contribution in [-0.2, 0) is 9.59 Å². The lowest BCUT2D eigenvalue weighted by atomic mass is 9.76. The molecule has 3 aliphatic rings. The smallest absolute Gasteiger partial charge is 0.225 e. The molecule has 0 aromatic heterocycles. The number of nitrogens with zero attached hydrogens (tertiary/aromatic N) is 2. The SMILES string of the molecule is Cc1cc(OCC2(CC(=O)N3CCC(O)CC3)CCCN(C(=O)C3CCCCC3)C2)cc(C)c1Cl. The summed E-state index contributed by atoms with van der Waals surface area (Å²) >= 11 is 6.35. The molecule has 2 saturated heterocycles. The first-order chi connectivity index (χ1) is 16.8. The van der Waals surface area contributed by atoms with Crippen molar-refractivity contribution in [3.05, 3.63) is 28.3 Å². The number of hydrogen-bond donors (Lipinski definition) is 1. The Kier molecular flexibility index (Phi) is 8.64. The number of aliphatic hydroxyl groups excluding tert-OH is 1. The number of piperidine rings is 2. The zero-order valence-corrected chi connectivity index (χ0v) is 22.1. The molecule has 194 valence electrons. The van der Waals surface area contributed by atoms with E-state index in [1.807, 2.05) is 35.8 Å². The highest BCUT2D eigenvalue weighted by Crippen LogP contribution is 2.38. The van der Waals surface area contributed by atoms with Crippen LogP contribution in [0.3, 0.4) is 0 Å². The van der Waals surface area contributed by atoms with Gasteiger partial charge in [0.25, 0.3) is 0 Å². The first-order valence-electron chi connectivity index (χ1n) is 13.4. The van der Waals surface area contributed by atoms with Crippen LogP contribution in [0, 0.1) is 25.2 Å². The van der Waals surface area contributed by atoms with E-state index in [1.54, 1.807) is 0 Å². The number of rotatable bonds is 6. The summed E-state index contributed by atoms with van der Waals surface area (Å²) in [6.07, 6.45) is 8.50. The van der Waals surface area contributed by atoms with E-state index in [9.17, 15) is 14.7 Å². The highest BCUT2D eigenvalue weighted by atomic mass is 35.5. The summed E-state index contributed by atoms with van der Waals surface area (Å²) in [6, 6.07) is 3.90. The predicted molar refractivity (Wildman–Crippen MR) is 138 cm³/mol. The monoisotopic (exact) mass is 504 g/mol. The molecule has 2 heterocycles. The number of hydrogen-bond acceptors (Lipinski definition) is 4. The molecule has 1 unspecified atom stereocenters. The number of benzene rings is 1. The first-order valence-corrected chi connectivity index (χ1v) is 13.8. The van der Waals surface area contributed by atoms with E-state index in [0.29, 0.717) is 45.5 Å². The Morgan fingerprint density at radius 3 is 2.31 bits per heavy atom. The summed E-state index contributed by atoms with van der Waals surface area (Å²) in [6.45, 7) is 6.85. The highest BCUT2D eigenvalue weighted by molar-refractivity contribution is 6.32. The van der Waals surface area contributed by atoms with Crippen molar-refractivity contribution in [1.82, 2.24) is 9.80 Å². The molecule has 6 nitrogen and oxygen atoms in total. The zero-order chi connectivity index (χ0) is 25.0. The number of ether oxygens (including phenoxy) is 1. The highest BCUT2D eigenvalue weighted by Gasteiger charge is 2.42. The van der Waals surface area contributed by atoms with Crippen LogP contribution in [0.4, 0.5) is 0 Å². The van der Waals surface area contributed by atoms with Gasteiger partial charge in [0.2, 0.25) is 11.8 Å². The first kappa shape index (κ1) is 26.3. The Bertz CT molecular complexity index is 885. The number of likely N-dealkylation sites (tertiary alicyclic amines) is 2. The fraction of sp³-hybridized carbons (Fsp3) is 0.714. The van der Waals surface area contributed by atoms with E-state index in [1.165, 1.54) is 6.42 Å². The van der Waals surface area contributed by atoms with E-state index >= 15 is 0 Å². The number of carbonyl (C=O) groups excluding carboxylic acids is 2. The minimum atomic E-state index is -0.419. The molecule has 7 heteroatoms. The minimum Gasteiger partial charge on any atom is -0.493 e. The van der Waals surface area contributed by atoms with Gasteiger partial charge in [0.05, 0.1) is 12.7 Å². The number of aliphatic hydroxyl groups is 1. The Morgan fingerprint density at radius 1 is 1.00 bits per heavy atom. The summed E-state index contributed by atoms with van der Waals surface area (Å²) < 4.78 is 6.34. The van der Waals surface area contributed by atoms with Crippen LogP contribution in [0.5, 0.6) is 5.75 Å². The average Bonchev–Trinajstić information content (AvgIpc) is 2.86. The van der Waals surface area contributed by atoms with E-state index in [4.69, 9.17) is 16.3 Å². The van der Waals surface area contributed by atoms with E-state index in [-0.39, 0.29) is 23.8 Å². The van der Waals surface area contributed by atoms with Gasteiger partial charge in [-0.05, 0) is 75.6 Å². The molecular formula is C28H41ClN2O4. The minimum absolute atomic E-state index is 0.107. The molecule has 1 atom stereocenters. The van der Waals surface area contributed by atoms with E-state index in [2.05, 4.69) is 0 Å². The molecule has 1 aromatic rings.